The van der Waals surface area contributed by atoms with Gasteiger partial charge in [-0.3, -0.25) is 0 Å². The summed E-state index contributed by atoms with van der Waals surface area (Å²) in [5, 5.41) is 6.52. The van der Waals surface area contributed by atoms with E-state index in [1.165, 1.54) is 0 Å². The van der Waals surface area contributed by atoms with Crippen molar-refractivity contribution >= 4 is 11.3 Å². The van der Waals surface area contributed by atoms with E-state index >= 15 is 0 Å². The maximum absolute atomic E-state index is 6.07. The van der Waals surface area contributed by atoms with Crippen LogP contribution in [0.15, 0.2) is 11.6 Å². The molecule has 0 aliphatic rings. The minimum Gasteiger partial charge on any atom is -0.328 e. The Balaban J connectivity index is 2.07. The fourth-order valence-electron chi connectivity index (χ4n) is 1.71. The molecule has 4 heteroatoms. The Hall–Kier alpha value is -0.450. The Bertz CT molecular complexity index is 277. The van der Waals surface area contributed by atoms with E-state index in [1.54, 1.807) is 11.3 Å². The van der Waals surface area contributed by atoms with Crippen molar-refractivity contribution in [2.75, 3.05) is 6.54 Å². The fourth-order valence-corrected chi connectivity index (χ4v) is 2.30. The first kappa shape index (κ1) is 13.6. The van der Waals surface area contributed by atoms with Crippen LogP contribution in [-0.4, -0.2) is 17.6 Å². The van der Waals surface area contributed by atoms with Gasteiger partial charge in [0.15, 0.2) is 0 Å². The molecule has 3 N–H and O–H groups in total. The number of hydrogen-bond donors (Lipinski definition) is 2. The van der Waals surface area contributed by atoms with Crippen molar-refractivity contribution in [2.45, 2.75) is 46.2 Å². The molecule has 1 unspecified atom stereocenters. The molecule has 0 spiro atoms. The van der Waals surface area contributed by atoms with Crippen LogP contribution in [-0.2, 0) is 6.54 Å². The molecule has 1 heterocycles. The van der Waals surface area contributed by atoms with Gasteiger partial charge in [-0.05, 0) is 24.8 Å². The first-order chi connectivity index (χ1) is 7.47. The van der Waals surface area contributed by atoms with Crippen molar-refractivity contribution in [1.29, 1.82) is 0 Å². The summed E-state index contributed by atoms with van der Waals surface area (Å²) in [6.07, 6.45) is 3.95. The van der Waals surface area contributed by atoms with E-state index in [4.69, 9.17) is 5.73 Å². The van der Waals surface area contributed by atoms with Crippen LogP contribution in [0.3, 0.4) is 0 Å². The van der Waals surface area contributed by atoms with Gasteiger partial charge in [0.05, 0.1) is 0 Å². The summed E-state index contributed by atoms with van der Waals surface area (Å²) >= 11 is 1.69. The minimum atomic E-state index is 0.295. The maximum Gasteiger partial charge on any atom is 0.106 e. The third-order valence-electron chi connectivity index (χ3n) is 2.33. The second kappa shape index (κ2) is 6.33. The molecule has 0 saturated carbocycles. The number of aromatic nitrogens is 1. The van der Waals surface area contributed by atoms with E-state index in [2.05, 4.69) is 31.1 Å². The molecule has 0 radical (unpaired) electrons. The van der Waals surface area contributed by atoms with E-state index in [1.807, 2.05) is 11.6 Å². The average molecular weight is 241 g/mol. The van der Waals surface area contributed by atoms with Crippen molar-refractivity contribution in [3.05, 3.63) is 16.6 Å². The van der Waals surface area contributed by atoms with Gasteiger partial charge in [-0.15, -0.1) is 11.3 Å². The molecule has 0 saturated heterocycles. The van der Waals surface area contributed by atoms with Crippen molar-refractivity contribution in [3.63, 3.8) is 0 Å². The normalized spacial score (nSPS) is 14.0. The summed E-state index contributed by atoms with van der Waals surface area (Å²) in [4.78, 5) is 4.22. The van der Waals surface area contributed by atoms with E-state index in [0.717, 1.165) is 30.9 Å². The highest BCUT2D eigenvalue weighted by Crippen LogP contribution is 2.20. The maximum atomic E-state index is 6.07. The Labute approximate surface area is 102 Å². The molecule has 1 aromatic heterocycles. The lowest BCUT2D eigenvalue weighted by Gasteiger charge is -2.23. The summed E-state index contributed by atoms with van der Waals surface area (Å²) in [5.41, 5.74) is 6.39. The number of nitrogens with one attached hydrogen (secondary N) is 1. The second-order valence-electron chi connectivity index (χ2n) is 5.42. The Kier molecular flexibility index (Phi) is 5.38. The number of rotatable bonds is 6. The highest BCUT2D eigenvalue weighted by molar-refractivity contribution is 7.09. The van der Waals surface area contributed by atoms with Gasteiger partial charge in [0.2, 0.25) is 0 Å². The predicted molar refractivity (Wildman–Crippen MR) is 70.5 cm³/mol. The number of nitrogens with two attached hydrogens (primary N) is 1. The first-order valence-electron chi connectivity index (χ1n) is 5.82. The fraction of sp³-hybridized carbons (Fsp3) is 0.750. The van der Waals surface area contributed by atoms with Crippen LogP contribution >= 0.6 is 11.3 Å². The van der Waals surface area contributed by atoms with Crippen molar-refractivity contribution < 1.29 is 0 Å². The highest BCUT2D eigenvalue weighted by atomic mass is 32.1. The first-order valence-corrected chi connectivity index (χ1v) is 6.70. The summed E-state index contributed by atoms with van der Waals surface area (Å²) < 4.78 is 0. The molecule has 1 aromatic rings. The van der Waals surface area contributed by atoms with Gasteiger partial charge in [0.1, 0.15) is 5.01 Å². The summed E-state index contributed by atoms with van der Waals surface area (Å²) in [7, 11) is 0. The van der Waals surface area contributed by atoms with Gasteiger partial charge < -0.3 is 11.1 Å². The number of thiazole rings is 1. The van der Waals surface area contributed by atoms with Crippen LogP contribution in [0.4, 0.5) is 0 Å². The standard InChI is InChI=1S/C12H23N3S/c1-12(2,3)8-10(13)4-5-14-9-11-15-6-7-16-11/h6-7,10,14H,4-5,8-9,13H2,1-3H3. The Morgan fingerprint density at radius 3 is 2.81 bits per heavy atom. The van der Waals surface area contributed by atoms with Gasteiger partial charge in [-0.25, -0.2) is 4.98 Å². The minimum absolute atomic E-state index is 0.295. The van der Waals surface area contributed by atoms with Gasteiger partial charge in [-0.1, -0.05) is 20.8 Å². The lowest BCUT2D eigenvalue weighted by atomic mass is 9.87. The Morgan fingerprint density at radius 1 is 1.50 bits per heavy atom. The molecule has 0 aliphatic heterocycles. The topological polar surface area (TPSA) is 50.9 Å². The zero-order chi connectivity index (χ0) is 12.0. The molecule has 0 aromatic carbocycles. The molecule has 0 fully saturated rings. The van der Waals surface area contributed by atoms with E-state index in [0.29, 0.717) is 11.5 Å². The lowest BCUT2D eigenvalue weighted by molar-refractivity contribution is 0.329. The van der Waals surface area contributed by atoms with E-state index < -0.39 is 0 Å². The van der Waals surface area contributed by atoms with Gasteiger partial charge in [0.25, 0.3) is 0 Å². The van der Waals surface area contributed by atoms with E-state index in [9.17, 15) is 0 Å². The van der Waals surface area contributed by atoms with Crippen molar-refractivity contribution in [3.8, 4) is 0 Å². The number of nitrogens with zero attached hydrogens (tertiary/aromatic N) is 1. The molecule has 1 atom stereocenters. The smallest absolute Gasteiger partial charge is 0.106 e. The molecular formula is C12H23N3S. The molecule has 1 rings (SSSR count). The third kappa shape index (κ3) is 6.20. The van der Waals surface area contributed by atoms with Gasteiger partial charge >= 0.3 is 0 Å². The molecule has 0 bridgehead atoms. The second-order valence-corrected chi connectivity index (χ2v) is 6.40. The summed E-state index contributed by atoms with van der Waals surface area (Å²) in [6.45, 7) is 8.53. The lowest BCUT2D eigenvalue weighted by Crippen LogP contribution is -2.30. The highest BCUT2D eigenvalue weighted by Gasteiger charge is 2.14. The zero-order valence-electron chi connectivity index (χ0n) is 10.5. The third-order valence-corrected chi connectivity index (χ3v) is 3.11. The van der Waals surface area contributed by atoms with Crippen LogP contribution in [0.25, 0.3) is 0 Å². The SMILES string of the molecule is CC(C)(C)CC(N)CCNCc1nccs1. The molecule has 92 valence electrons. The van der Waals surface area contributed by atoms with Crippen molar-refractivity contribution in [1.82, 2.24) is 10.3 Å². The zero-order valence-corrected chi connectivity index (χ0v) is 11.3. The average Bonchev–Trinajstić information content (AvgIpc) is 2.62. The van der Waals surface area contributed by atoms with Crippen molar-refractivity contribution in [2.24, 2.45) is 11.1 Å². The summed E-state index contributed by atoms with van der Waals surface area (Å²) in [6, 6.07) is 0.295. The van der Waals surface area contributed by atoms with Gasteiger partial charge in [0, 0.05) is 24.2 Å². The predicted octanol–water partition coefficient (Wildman–Crippen LogP) is 2.39. The molecule has 16 heavy (non-hydrogen) atoms. The van der Waals surface area contributed by atoms with Gasteiger partial charge in [-0.2, -0.15) is 0 Å². The molecular weight excluding hydrogens is 218 g/mol. The van der Waals surface area contributed by atoms with Crippen LogP contribution in [0.1, 0.15) is 38.6 Å². The van der Waals surface area contributed by atoms with E-state index in [-0.39, 0.29) is 0 Å². The monoisotopic (exact) mass is 241 g/mol. The molecule has 0 aliphatic carbocycles. The Morgan fingerprint density at radius 2 is 2.25 bits per heavy atom. The number of hydrogen-bond acceptors (Lipinski definition) is 4. The summed E-state index contributed by atoms with van der Waals surface area (Å²) in [5.74, 6) is 0. The van der Waals surface area contributed by atoms with Crippen LogP contribution in [0, 0.1) is 5.41 Å². The quantitative estimate of drug-likeness (QED) is 0.752. The van der Waals surface area contributed by atoms with Crippen LogP contribution in [0.5, 0.6) is 0 Å². The molecule has 0 amide bonds. The largest absolute Gasteiger partial charge is 0.328 e. The van der Waals surface area contributed by atoms with Crippen LogP contribution < -0.4 is 11.1 Å². The van der Waals surface area contributed by atoms with Crippen LogP contribution in [0.2, 0.25) is 0 Å². The molecule has 3 nitrogen and oxygen atoms in total.